The van der Waals surface area contributed by atoms with Crippen molar-refractivity contribution in [2.24, 2.45) is 0 Å². The summed E-state index contributed by atoms with van der Waals surface area (Å²) < 4.78 is 45.7. The van der Waals surface area contributed by atoms with Crippen LogP contribution in [0, 0.1) is 45.6 Å². The van der Waals surface area contributed by atoms with Crippen LogP contribution in [0.3, 0.4) is 0 Å². The molecule has 242 valence electrons. The van der Waals surface area contributed by atoms with Gasteiger partial charge in [0.25, 0.3) is 0 Å². The third-order valence-electron chi connectivity index (χ3n) is 9.92. The molecule has 2 heterocycles. The van der Waals surface area contributed by atoms with Gasteiger partial charge >= 0.3 is 6.18 Å². The first-order valence-corrected chi connectivity index (χ1v) is 16.2. The number of hydrogen-bond donors (Lipinski definition) is 0. The van der Waals surface area contributed by atoms with Crippen LogP contribution in [0.2, 0.25) is 0 Å². The van der Waals surface area contributed by atoms with Crippen LogP contribution < -0.4 is 0 Å². The first-order valence-electron chi connectivity index (χ1n) is 16.2. The molecule has 0 amide bonds. The summed E-state index contributed by atoms with van der Waals surface area (Å²) in [6, 6.07) is 34.0. The predicted octanol–water partition coefficient (Wildman–Crippen LogP) is 12.2. The van der Waals surface area contributed by atoms with Crippen molar-refractivity contribution in [3.8, 4) is 28.6 Å². The van der Waals surface area contributed by atoms with Crippen LogP contribution in [0.4, 0.5) is 18.9 Å². The summed E-state index contributed by atoms with van der Waals surface area (Å²) >= 11 is 0. The number of fused-ring (bicyclic) bond motifs is 6. The number of halogens is 3. The summed E-state index contributed by atoms with van der Waals surface area (Å²) in [5.74, 6) is 0. The maximum Gasteiger partial charge on any atom is 0.415 e. The van der Waals surface area contributed by atoms with E-state index in [4.69, 9.17) is 6.57 Å². The SMILES string of the molecule is [C-]#[N+]c1cc(C(F)(F)F)ccc1-c1cc(-n2c3cccc(C)c3c3c(C)cccc32)c(-n2c3cccc(C)c3c3c(C)cccc32)cc1C#N. The van der Waals surface area contributed by atoms with Gasteiger partial charge in [0.05, 0.1) is 51.6 Å². The standard InChI is InChI=1S/C43H29F3N4/c1-24-10-6-14-33-39(24)40-25(2)11-7-15-34(40)49(33)37-20-28(23-47)31(30-19-18-29(43(44,45)46)21-32(30)48-5)22-38(37)50-35-16-8-12-26(3)41(35)42-27(4)13-9-17-36(42)50/h6-22H,1-4H3. The Morgan fingerprint density at radius 2 is 1.00 bits per heavy atom. The van der Waals surface area contributed by atoms with E-state index in [9.17, 15) is 18.4 Å². The van der Waals surface area contributed by atoms with E-state index in [2.05, 4.69) is 96.3 Å². The highest BCUT2D eigenvalue weighted by Crippen LogP contribution is 2.45. The first kappa shape index (κ1) is 31.0. The van der Waals surface area contributed by atoms with Gasteiger partial charge in [0.2, 0.25) is 0 Å². The lowest BCUT2D eigenvalue weighted by Crippen LogP contribution is -2.06. The van der Waals surface area contributed by atoms with E-state index >= 15 is 0 Å². The van der Waals surface area contributed by atoms with Gasteiger partial charge in [-0.25, -0.2) is 4.85 Å². The fourth-order valence-electron chi connectivity index (χ4n) is 7.71. The summed E-state index contributed by atoms with van der Waals surface area (Å²) in [5.41, 5.74) is 9.58. The van der Waals surface area contributed by atoms with Gasteiger partial charge in [-0.3, -0.25) is 0 Å². The molecule has 0 saturated heterocycles. The Bertz CT molecular complexity index is 2700. The molecule has 0 fully saturated rings. The molecule has 0 radical (unpaired) electrons. The number of nitriles is 1. The van der Waals surface area contributed by atoms with Gasteiger partial charge < -0.3 is 9.13 Å². The minimum absolute atomic E-state index is 0.174. The van der Waals surface area contributed by atoms with Crippen molar-refractivity contribution in [2.75, 3.05) is 0 Å². The van der Waals surface area contributed by atoms with Crippen molar-refractivity contribution in [1.29, 1.82) is 5.26 Å². The van der Waals surface area contributed by atoms with Crippen molar-refractivity contribution in [3.05, 3.63) is 148 Å². The van der Waals surface area contributed by atoms with Gasteiger partial charge in [-0.05, 0) is 104 Å². The molecular formula is C43H29F3N4. The molecule has 0 aliphatic carbocycles. The number of benzene rings is 6. The molecule has 0 atom stereocenters. The zero-order valence-corrected chi connectivity index (χ0v) is 27.7. The monoisotopic (exact) mass is 658 g/mol. The number of nitrogens with zero attached hydrogens (tertiary/aromatic N) is 4. The van der Waals surface area contributed by atoms with Crippen LogP contribution in [0.1, 0.15) is 33.4 Å². The van der Waals surface area contributed by atoms with Gasteiger partial charge in [-0.15, -0.1) is 0 Å². The number of alkyl halides is 3. The quantitative estimate of drug-likeness (QED) is 0.174. The molecule has 0 unspecified atom stereocenters. The van der Waals surface area contributed by atoms with Crippen molar-refractivity contribution in [3.63, 3.8) is 0 Å². The highest BCUT2D eigenvalue weighted by atomic mass is 19.4. The average molecular weight is 659 g/mol. The van der Waals surface area contributed by atoms with Crippen LogP contribution in [-0.2, 0) is 6.18 Å². The molecule has 0 spiro atoms. The van der Waals surface area contributed by atoms with Crippen LogP contribution in [0.25, 0.3) is 71.0 Å². The second kappa shape index (κ2) is 11.1. The topological polar surface area (TPSA) is 38.0 Å². The van der Waals surface area contributed by atoms with Crippen molar-refractivity contribution in [2.45, 2.75) is 33.9 Å². The maximum atomic E-state index is 13.8. The summed E-state index contributed by atoms with van der Waals surface area (Å²) in [6.07, 6.45) is -4.61. The third-order valence-corrected chi connectivity index (χ3v) is 9.92. The zero-order chi connectivity index (χ0) is 35.1. The van der Waals surface area contributed by atoms with E-state index in [0.29, 0.717) is 5.56 Å². The minimum Gasteiger partial charge on any atom is -0.307 e. The molecule has 8 rings (SSSR count). The minimum atomic E-state index is -4.61. The Labute approximate surface area is 286 Å². The lowest BCUT2D eigenvalue weighted by atomic mass is 9.95. The van der Waals surface area contributed by atoms with Crippen LogP contribution >= 0.6 is 0 Å². The number of aromatic nitrogens is 2. The Balaban J connectivity index is 1.59. The fourth-order valence-corrected chi connectivity index (χ4v) is 7.71. The van der Waals surface area contributed by atoms with E-state index < -0.39 is 11.7 Å². The molecule has 2 aromatic heterocycles. The van der Waals surface area contributed by atoms with Gasteiger partial charge in [-0.2, -0.15) is 18.4 Å². The Hall–Kier alpha value is -6.31. The Kier molecular flexibility index (Phi) is 6.89. The second-order valence-corrected chi connectivity index (χ2v) is 12.9. The van der Waals surface area contributed by atoms with Crippen LogP contribution in [0.5, 0.6) is 0 Å². The van der Waals surface area contributed by atoms with E-state index in [1.165, 1.54) is 6.07 Å². The number of hydrogen-bond acceptors (Lipinski definition) is 1. The zero-order valence-electron chi connectivity index (χ0n) is 27.7. The van der Waals surface area contributed by atoms with Gasteiger partial charge in [-0.1, -0.05) is 60.7 Å². The lowest BCUT2D eigenvalue weighted by Gasteiger charge is -2.20. The van der Waals surface area contributed by atoms with Gasteiger partial charge in [0.15, 0.2) is 5.69 Å². The number of rotatable bonds is 3. The molecule has 0 N–H and O–H groups in total. The van der Waals surface area contributed by atoms with Gasteiger partial charge in [0, 0.05) is 27.1 Å². The predicted molar refractivity (Wildman–Crippen MR) is 195 cm³/mol. The molecule has 50 heavy (non-hydrogen) atoms. The number of aryl methyl sites for hydroxylation is 4. The first-order chi connectivity index (χ1) is 24.0. The second-order valence-electron chi connectivity index (χ2n) is 12.9. The van der Waals surface area contributed by atoms with Crippen molar-refractivity contribution >= 4 is 49.3 Å². The largest absolute Gasteiger partial charge is 0.415 e. The maximum absolute atomic E-state index is 13.8. The van der Waals surface area contributed by atoms with Crippen molar-refractivity contribution < 1.29 is 13.2 Å². The molecule has 8 aromatic rings. The summed E-state index contributed by atoms with van der Waals surface area (Å²) in [6.45, 7) is 16.2. The van der Waals surface area contributed by atoms with Gasteiger partial charge in [0.1, 0.15) is 0 Å². The van der Waals surface area contributed by atoms with Crippen molar-refractivity contribution in [1.82, 2.24) is 9.13 Å². The van der Waals surface area contributed by atoms with Crippen LogP contribution in [0.15, 0.2) is 103 Å². The lowest BCUT2D eigenvalue weighted by molar-refractivity contribution is -0.137. The molecule has 6 aromatic carbocycles. The molecule has 4 nitrogen and oxygen atoms in total. The molecule has 0 aliphatic heterocycles. The molecule has 0 bridgehead atoms. The Morgan fingerprint density at radius 3 is 1.38 bits per heavy atom. The van der Waals surface area contributed by atoms with E-state index in [1.54, 1.807) is 0 Å². The average Bonchev–Trinajstić information content (AvgIpc) is 3.63. The normalized spacial score (nSPS) is 11.9. The highest BCUT2D eigenvalue weighted by Gasteiger charge is 2.31. The van der Waals surface area contributed by atoms with E-state index in [-0.39, 0.29) is 16.8 Å². The summed E-state index contributed by atoms with van der Waals surface area (Å²) in [7, 11) is 0. The van der Waals surface area contributed by atoms with Crippen LogP contribution in [-0.4, -0.2) is 9.13 Å². The third kappa shape index (κ3) is 4.44. The molecular weight excluding hydrogens is 629 g/mol. The molecule has 0 aliphatic rings. The summed E-state index contributed by atoms with van der Waals surface area (Å²) in [5, 5.41) is 15.1. The summed E-state index contributed by atoms with van der Waals surface area (Å²) in [4.78, 5) is 3.51. The fraction of sp³-hybridized carbons (Fsp3) is 0.116. The smallest absolute Gasteiger partial charge is 0.307 e. The Morgan fingerprint density at radius 1 is 0.580 bits per heavy atom. The molecule has 0 saturated carbocycles. The molecule has 7 heteroatoms. The van der Waals surface area contributed by atoms with E-state index in [0.717, 1.165) is 89.4 Å². The van der Waals surface area contributed by atoms with E-state index in [1.807, 2.05) is 36.4 Å². The highest BCUT2D eigenvalue weighted by molar-refractivity contribution is 6.14.